The van der Waals surface area contributed by atoms with E-state index in [0.717, 1.165) is 42.4 Å². The first-order valence-corrected chi connectivity index (χ1v) is 15.1. The number of hydrogen-bond donors (Lipinski definition) is 1. The molecule has 7 nitrogen and oxygen atoms in total. The van der Waals surface area contributed by atoms with Crippen LogP contribution in [0, 0.1) is 13.8 Å². The van der Waals surface area contributed by atoms with Gasteiger partial charge in [-0.25, -0.2) is 8.42 Å². The number of carbonyl (C=O) groups excluding carboxylic acids is 2. The number of carbonyl (C=O) groups is 2. The van der Waals surface area contributed by atoms with Crippen molar-refractivity contribution in [3.63, 3.8) is 0 Å². The van der Waals surface area contributed by atoms with Crippen LogP contribution in [-0.2, 0) is 26.2 Å². The van der Waals surface area contributed by atoms with Gasteiger partial charge in [-0.1, -0.05) is 56.2 Å². The van der Waals surface area contributed by atoms with Gasteiger partial charge in [0.1, 0.15) is 6.04 Å². The molecule has 0 spiro atoms. The number of anilines is 1. The Morgan fingerprint density at radius 2 is 1.70 bits per heavy atom. The summed E-state index contributed by atoms with van der Waals surface area (Å²) in [5, 5.41) is 3.16. The summed E-state index contributed by atoms with van der Waals surface area (Å²) in [6.07, 6.45) is 6.39. The molecule has 202 valence electrons. The minimum Gasteiger partial charge on any atom is -0.352 e. The van der Waals surface area contributed by atoms with Crippen molar-refractivity contribution in [2.45, 2.75) is 84.3 Å². The Bertz CT molecular complexity index is 1160. The Kier molecular flexibility index (Phi) is 10.1. The van der Waals surface area contributed by atoms with Crippen molar-refractivity contribution in [3.05, 3.63) is 65.2 Å². The van der Waals surface area contributed by atoms with Crippen molar-refractivity contribution in [1.29, 1.82) is 0 Å². The molecular weight excluding hydrogens is 486 g/mol. The van der Waals surface area contributed by atoms with E-state index in [1.165, 1.54) is 10.6 Å². The fourth-order valence-corrected chi connectivity index (χ4v) is 5.91. The quantitative estimate of drug-likeness (QED) is 0.433. The lowest BCUT2D eigenvalue weighted by Crippen LogP contribution is -2.51. The summed E-state index contributed by atoms with van der Waals surface area (Å²) in [7, 11) is -3.52. The SMILES string of the molecule is CC[C@H](C(=O)NC1CCCC1)N(Cc1ccccc1)C(=O)CCCN(c1ccc(C)c(C)c1)S(C)(=O)=O. The van der Waals surface area contributed by atoms with E-state index in [-0.39, 0.29) is 30.8 Å². The second kappa shape index (κ2) is 13.1. The van der Waals surface area contributed by atoms with Crippen LogP contribution in [0.5, 0.6) is 0 Å². The number of amides is 2. The molecule has 0 radical (unpaired) electrons. The third-order valence-electron chi connectivity index (χ3n) is 7.21. The average molecular weight is 528 g/mol. The summed E-state index contributed by atoms with van der Waals surface area (Å²) in [6, 6.07) is 14.8. The molecule has 0 saturated heterocycles. The minimum absolute atomic E-state index is 0.105. The van der Waals surface area contributed by atoms with E-state index in [1.54, 1.807) is 11.0 Å². The van der Waals surface area contributed by atoms with Crippen molar-refractivity contribution in [2.24, 2.45) is 0 Å². The molecular formula is C29H41N3O4S. The summed E-state index contributed by atoms with van der Waals surface area (Å²) in [5.74, 6) is -0.252. The number of nitrogens with zero attached hydrogens (tertiary/aromatic N) is 2. The van der Waals surface area contributed by atoms with Crippen LogP contribution in [0.3, 0.4) is 0 Å². The summed E-state index contributed by atoms with van der Waals surface area (Å²) in [4.78, 5) is 28.4. The summed E-state index contributed by atoms with van der Waals surface area (Å²) in [6.45, 7) is 6.39. The highest BCUT2D eigenvalue weighted by atomic mass is 32.2. The Balaban J connectivity index is 1.74. The van der Waals surface area contributed by atoms with Gasteiger partial charge in [-0.2, -0.15) is 0 Å². The molecule has 0 aromatic heterocycles. The van der Waals surface area contributed by atoms with Gasteiger partial charge < -0.3 is 10.2 Å². The van der Waals surface area contributed by atoms with Crippen molar-refractivity contribution in [1.82, 2.24) is 10.2 Å². The van der Waals surface area contributed by atoms with Gasteiger partial charge in [0, 0.05) is 25.6 Å². The van der Waals surface area contributed by atoms with Gasteiger partial charge in [0.2, 0.25) is 21.8 Å². The van der Waals surface area contributed by atoms with Crippen molar-refractivity contribution in [2.75, 3.05) is 17.1 Å². The molecule has 2 aromatic carbocycles. The predicted molar refractivity (Wildman–Crippen MR) is 149 cm³/mol. The molecule has 0 unspecified atom stereocenters. The standard InChI is InChI=1S/C29H41N3O4S/c1-5-27(29(34)30-25-14-9-10-15-25)31(21-24-12-7-6-8-13-24)28(33)16-11-19-32(37(4,35)36)26-18-17-22(2)23(3)20-26/h6-8,12-13,17-18,20,25,27H,5,9-11,14-16,19,21H2,1-4H3,(H,30,34)/t27-/m1/s1. The lowest BCUT2D eigenvalue weighted by molar-refractivity contribution is -0.141. The number of aryl methyl sites for hydroxylation is 2. The Morgan fingerprint density at radius 3 is 2.30 bits per heavy atom. The van der Waals surface area contributed by atoms with E-state index in [0.29, 0.717) is 25.1 Å². The van der Waals surface area contributed by atoms with Crippen molar-refractivity contribution < 1.29 is 18.0 Å². The molecule has 2 amide bonds. The lowest BCUT2D eigenvalue weighted by atomic mass is 10.1. The van der Waals surface area contributed by atoms with Crippen LogP contribution < -0.4 is 9.62 Å². The molecule has 1 aliphatic rings. The highest BCUT2D eigenvalue weighted by molar-refractivity contribution is 7.92. The molecule has 0 aliphatic heterocycles. The maximum absolute atomic E-state index is 13.5. The third-order valence-corrected chi connectivity index (χ3v) is 8.41. The van der Waals surface area contributed by atoms with Crippen LogP contribution in [-0.4, -0.2) is 50.0 Å². The van der Waals surface area contributed by atoms with E-state index < -0.39 is 16.1 Å². The van der Waals surface area contributed by atoms with Crippen LogP contribution in [0.25, 0.3) is 0 Å². The Hall–Kier alpha value is -2.87. The first kappa shape index (κ1) is 28.7. The van der Waals surface area contributed by atoms with Crippen LogP contribution in [0.2, 0.25) is 0 Å². The van der Waals surface area contributed by atoms with E-state index in [4.69, 9.17) is 0 Å². The lowest BCUT2D eigenvalue weighted by Gasteiger charge is -2.32. The zero-order valence-corrected chi connectivity index (χ0v) is 23.4. The first-order chi connectivity index (χ1) is 17.6. The minimum atomic E-state index is -3.52. The molecule has 1 N–H and O–H groups in total. The normalized spacial score (nSPS) is 14.8. The smallest absolute Gasteiger partial charge is 0.243 e. The van der Waals surface area contributed by atoms with Gasteiger partial charge in [0.15, 0.2) is 0 Å². The first-order valence-electron chi connectivity index (χ1n) is 13.3. The third kappa shape index (κ3) is 8.06. The van der Waals surface area contributed by atoms with Gasteiger partial charge in [0.05, 0.1) is 11.9 Å². The highest BCUT2D eigenvalue weighted by Gasteiger charge is 2.30. The summed E-state index contributed by atoms with van der Waals surface area (Å²) >= 11 is 0. The number of benzene rings is 2. The molecule has 3 rings (SSSR count). The molecule has 0 bridgehead atoms. The molecule has 8 heteroatoms. The van der Waals surface area contributed by atoms with Gasteiger partial charge >= 0.3 is 0 Å². The zero-order chi connectivity index (χ0) is 27.0. The highest BCUT2D eigenvalue weighted by Crippen LogP contribution is 2.23. The monoisotopic (exact) mass is 527 g/mol. The Labute approximate surface area is 222 Å². The van der Waals surface area contributed by atoms with Gasteiger partial charge in [-0.05, 0) is 68.4 Å². The average Bonchev–Trinajstić information content (AvgIpc) is 3.36. The van der Waals surface area contributed by atoms with E-state index >= 15 is 0 Å². The zero-order valence-electron chi connectivity index (χ0n) is 22.6. The van der Waals surface area contributed by atoms with E-state index in [1.807, 2.05) is 63.2 Å². The maximum atomic E-state index is 13.5. The summed E-state index contributed by atoms with van der Waals surface area (Å²) in [5.41, 5.74) is 3.65. The molecule has 2 aromatic rings. The second-order valence-corrected chi connectivity index (χ2v) is 12.0. The second-order valence-electron chi connectivity index (χ2n) is 10.1. The van der Waals surface area contributed by atoms with Crippen molar-refractivity contribution >= 4 is 27.5 Å². The van der Waals surface area contributed by atoms with Crippen molar-refractivity contribution in [3.8, 4) is 0 Å². The van der Waals surface area contributed by atoms with Gasteiger partial charge in [-0.3, -0.25) is 13.9 Å². The van der Waals surface area contributed by atoms with Crippen LogP contribution in [0.1, 0.15) is 68.6 Å². The van der Waals surface area contributed by atoms with Crippen LogP contribution in [0.15, 0.2) is 48.5 Å². The van der Waals surface area contributed by atoms with Gasteiger partial charge in [-0.15, -0.1) is 0 Å². The maximum Gasteiger partial charge on any atom is 0.243 e. The Morgan fingerprint density at radius 1 is 1.03 bits per heavy atom. The number of nitrogens with one attached hydrogen (secondary N) is 1. The largest absolute Gasteiger partial charge is 0.352 e. The fourth-order valence-electron chi connectivity index (χ4n) is 4.95. The van der Waals surface area contributed by atoms with Crippen LogP contribution in [0.4, 0.5) is 5.69 Å². The summed E-state index contributed by atoms with van der Waals surface area (Å²) < 4.78 is 26.5. The molecule has 1 fully saturated rings. The van der Waals surface area contributed by atoms with Crippen LogP contribution >= 0.6 is 0 Å². The molecule has 1 atom stereocenters. The topological polar surface area (TPSA) is 86.8 Å². The van der Waals surface area contributed by atoms with Gasteiger partial charge in [0.25, 0.3) is 0 Å². The molecule has 0 heterocycles. The number of rotatable bonds is 12. The number of sulfonamides is 1. The predicted octanol–water partition coefficient (Wildman–Crippen LogP) is 4.72. The fraction of sp³-hybridized carbons (Fsp3) is 0.517. The number of hydrogen-bond acceptors (Lipinski definition) is 4. The molecule has 37 heavy (non-hydrogen) atoms. The van der Waals surface area contributed by atoms with E-state index in [2.05, 4.69) is 5.32 Å². The molecule has 1 aliphatic carbocycles. The van der Waals surface area contributed by atoms with E-state index in [9.17, 15) is 18.0 Å². The molecule has 1 saturated carbocycles.